The molecule has 0 aliphatic carbocycles. The molecule has 0 heterocycles. The quantitative estimate of drug-likeness (QED) is 0.671. The lowest BCUT2D eigenvalue weighted by Crippen LogP contribution is -2.14. The zero-order valence-corrected chi connectivity index (χ0v) is 13.9. The van der Waals surface area contributed by atoms with Crippen molar-refractivity contribution in [1.29, 1.82) is 0 Å². The summed E-state index contributed by atoms with van der Waals surface area (Å²) in [5.74, 6) is -0.133. The van der Waals surface area contributed by atoms with E-state index in [2.05, 4.69) is 30.8 Å². The van der Waals surface area contributed by atoms with Crippen LogP contribution in [0.5, 0.6) is 0 Å². The van der Waals surface area contributed by atoms with Gasteiger partial charge in [0.25, 0.3) is 0 Å². The van der Waals surface area contributed by atoms with Crippen molar-refractivity contribution < 1.29 is 9.53 Å². The second-order valence-electron chi connectivity index (χ2n) is 5.75. The summed E-state index contributed by atoms with van der Waals surface area (Å²) in [6, 6.07) is 18.3. The minimum absolute atomic E-state index is 0.00769. The van der Waals surface area contributed by atoms with E-state index in [-0.39, 0.29) is 12.1 Å². The van der Waals surface area contributed by atoms with Crippen molar-refractivity contribution in [1.82, 2.24) is 0 Å². The van der Waals surface area contributed by atoms with Gasteiger partial charge < -0.3 is 4.74 Å². The Kier molecular flexibility index (Phi) is 6.16. The number of esters is 1. The summed E-state index contributed by atoms with van der Waals surface area (Å²) in [7, 11) is 0. The zero-order valence-electron chi connectivity index (χ0n) is 13.9. The van der Waals surface area contributed by atoms with Gasteiger partial charge in [-0.1, -0.05) is 68.1 Å². The summed E-state index contributed by atoms with van der Waals surface area (Å²) < 4.78 is 5.31. The maximum Gasteiger partial charge on any atom is 0.306 e. The first-order valence-corrected chi connectivity index (χ1v) is 8.13. The summed E-state index contributed by atoms with van der Waals surface area (Å²) in [6.07, 6.45) is 1.93. The molecule has 0 amide bonds. The maximum absolute atomic E-state index is 11.8. The Morgan fingerprint density at radius 3 is 2.48 bits per heavy atom. The summed E-state index contributed by atoms with van der Waals surface area (Å²) >= 11 is 0. The standard InChI is InChI=1S/C21H24O2/c1-4-16(2)23-21(22)14-13-18-9-8-12-20(15-18)17(3)19-10-6-5-7-11-19/h5-12,15-16H,3-4,13-14H2,1-2H3. The third kappa shape index (κ3) is 5.10. The van der Waals surface area contributed by atoms with E-state index in [1.165, 1.54) is 0 Å². The molecule has 0 radical (unpaired) electrons. The highest BCUT2D eigenvalue weighted by Crippen LogP contribution is 2.22. The molecule has 0 aliphatic rings. The van der Waals surface area contributed by atoms with Crippen LogP contribution in [0.2, 0.25) is 0 Å². The van der Waals surface area contributed by atoms with Crippen molar-refractivity contribution in [3.05, 3.63) is 77.9 Å². The van der Waals surface area contributed by atoms with Gasteiger partial charge >= 0.3 is 5.97 Å². The van der Waals surface area contributed by atoms with Gasteiger partial charge in [-0.3, -0.25) is 4.79 Å². The van der Waals surface area contributed by atoms with Crippen molar-refractivity contribution >= 4 is 11.5 Å². The average molecular weight is 308 g/mol. The first kappa shape index (κ1) is 17.0. The van der Waals surface area contributed by atoms with Crippen LogP contribution in [0.15, 0.2) is 61.2 Å². The molecule has 0 aliphatic heterocycles. The molecular weight excluding hydrogens is 284 g/mol. The van der Waals surface area contributed by atoms with Crippen molar-refractivity contribution in [2.45, 2.75) is 39.2 Å². The predicted molar refractivity (Wildman–Crippen MR) is 95.2 cm³/mol. The molecule has 2 heteroatoms. The number of aryl methyl sites for hydroxylation is 1. The normalized spacial score (nSPS) is 11.7. The number of rotatable bonds is 7. The Hall–Kier alpha value is -2.35. The molecule has 23 heavy (non-hydrogen) atoms. The highest BCUT2D eigenvalue weighted by Gasteiger charge is 2.09. The topological polar surface area (TPSA) is 26.3 Å². The van der Waals surface area contributed by atoms with E-state index in [0.29, 0.717) is 12.8 Å². The van der Waals surface area contributed by atoms with E-state index >= 15 is 0 Å². The molecule has 2 nitrogen and oxygen atoms in total. The molecule has 0 fully saturated rings. The molecule has 2 rings (SSSR count). The highest BCUT2D eigenvalue weighted by molar-refractivity contribution is 5.78. The Bertz CT molecular complexity index is 659. The smallest absolute Gasteiger partial charge is 0.306 e. The lowest BCUT2D eigenvalue weighted by atomic mass is 9.97. The SMILES string of the molecule is C=C(c1ccccc1)c1cccc(CCC(=O)OC(C)CC)c1. The van der Waals surface area contributed by atoms with Crippen LogP contribution in [0.1, 0.15) is 43.4 Å². The number of benzene rings is 2. The lowest BCUT2D eigenvalue weighted by Gasteiger charge is -2.11. The monoisotopic (exact) mass is 308 g/mol. The van der Waals surface area contributed by atoms with Gasteiger partial charge in [0.1, 0.15) is 0 Å². The molecule has 2 aromatic carbocycles. The molecule has 0 aromatic heterocycles. The van der Waals surface area contributed by atoms with Gasteiger partial charge in [-0.05, 0) is 42.0 Å². The van der Waals surface area contributed by atoms with Crippen molar-refractivity contribution in [3.8, 4) is 0 Å². The number of ether oxygens (including phenoxy) is 1. The second kappa shape index (κ2) is 8.33. The molecule has 0 N–H and O–H groups in total. The van der Waals surface area contributed by atoms with E-state index in [9.17, 15) is 4.79 Å². The van der Waals surface area contributed by atoms with Crippen LogP contribution in [0, 0.1) is 0 Å². The molecule has 0 saturated carbocycles. The minimum Gasteiger partial charge on any atom is -0.463 e. The lowest BCUT2D eigenvalue weighted by molar-refractivity contribution is -0.148. The van der Waals surface area contributed by atoms with Crippen LogP contribution < -0.4 is 0 Å². The van der Waals surface area contributed by atoms with Gasteiger partial charge in [0.05, 0.1) is 6.10 Å². The van der Waals surface area contributed by atoms with Crippen LogP contribution in [-0.4, -0.2) is 12.1 Å². The third-order valence-corrected chi connectivity index (χ3v) is 3.92. The second-order valence-corrected chi connectivity index (χ2v) is 5.75. The number of carbonyl (C=O) groups is 1. The van der Waals surface area contributed by atoms with Crippen molar-refractivity contribution in [3.63, 3.8) is 0 Å². The fourth-order valence-electron chi connectivity index (χ4n) is 2.33. The average Bonchev–Trinajstić information content (AvgIpc) is 2.60. The van der Waals surface area contributed by atoms with Gasteiger partial charge in [-0.25, -0.2) is 0 Å². The maximum atomic E-state index is 11.8. The van der Waals surface area contributed by atoms with Crippen LogP contribution in [-0.2, 0) is 16.0 Å². The molecular formula is C21H24O2. The van der Waals surface area contributed by atoms with Crippen molar-refractivity contribution in [2.24, 2.45) is 0 Å². The molecule has 120 valence electrons. The van der Waals surface area contributed by atoms with E-state index in [1.807, 2.05) is 44.2 Å². The molecule has 1 atom stereocenters. The molecule has 0 spiro atoms. The van der Waals surface area contributed by atoms with Crippen LogP contribution in [0.25, 0.3) is 5.57 Å². The van der Waals surface area contributed by atoms with E-state index in [1.54, 1.807) is 0 Å². The summed E-state index contributed by atoms with van der Waals surface area (Å²) in [5.41, 5.74) is 4.32. The van der Waals surface area contributed by atoms with E-state index in [0.717, 1.165) is 28.7 Å². The fourth-order valence-corrected chi connectivity index (χ4v) is 2.33. The Morgan fingerprint density at radius 2 is 1.78 bits per heavy atom. The summed E-state index contributed by atoms with van der Waals surface area (Å²) in [6.45, 7) is 8.12. The molecule has 2 aromatic rings. The predicted octanol–water partition coefficient (Wildman–Crippen LogP) is 5.02. The molecule has 0 bridgehead atoms. The zero-order chi connectivity index (χ0) is 16.7. The Balaban J connectivity index is 2.00. The van der Waals surface area contributed by atoms with Crippen molar-refractivity contribution in [2.75, 3.05) is 0 Å². The van der Waals surface area contributed by atoms with Gasteiger partial charge in [-0.2, -0.15) is 0 Å². The highest BCUT2D eigenvalue weighted by atomic mass is 16.5. The van der Waals surface area contributed by atoms with Crippen LogP contribution >= 0.6 is 0 Å². The largest absolute Gasteiger partial charge is 0.463 e. The third-order valence-electron chi connectivity index (χ3n) is 3.92. The van der Waals surface area contributed by atoms with Gasteiger partial charge in [0.2, 0.25) is 0 Å². The number of hydrogen-bond acceptors (Lipinski definition) is 2. The number of hydrogen-bond donors (Lipinski definition) is 0. The first-order valence-electron chi connectivity index (χ1n) is 8.13. The van der Waals surface area contributed by atoms with E-state index in [4.69, 9.17) is 4.74 Å². The Morgan fingerprint density at radius 1 is 1.09 bits per heavy atom. The van der Waals surface area contributed by atoms with Gasteiger partial charge in [-0.15, -0.1) is 0 Å². The van der Waals surface area contributed by atoms with Crippen LogP contribution in [0.4, 0.5) is 0 Å². The molecule has 1 unspecified atom stereocenters. The summed E-state index contributed by atoms with van der Waals surface area (Å²) in [4.78, 5) is 11.8. The fraction of sp³-hybridized carbons (Fsp3) is 0.286. The summed E-state index contributed by atoms with van der Waals surface area (Å²) in [5, 5.41) is 0. The van der Waals surface area contributed by atoms with Crippen LogP contribution in [0.3, 0.4) is 0 Å². The number of carbonyl (C=O) groups excluding carboxylic acids is 1. The molecule has 0 saturated heterocycles. The first-order chi connectivity index (χ1) is 11.1. The Labute approximate surface area is 138 Å². The van der Waals surface area contributed by atoms with Gasteiger partial charge in [0.15, 0.2) is 0 Å². The van der Waals surface area contributed by atoms with Gasteiger partial charge in [0, 0.05) is 6.42 Å². The van der Waals surface area contributed by atoms with E-state index < -0.39 is 0 Å². The minimum atomic E-state index is -0.133.